The molecular formula is C13H22OSi. The average molecular weight is 223 g/mol. The highest BCUT2D eigenvalue weighted by Gasteiger charge is 2.36. The molecule has 0 bridgehead atoms. The molecule has 1 atom stereocenters. The molecule has 0 aromatic heterocycles. The van der Waals surface area contributed by atoms with Crippen LogP contribution in [0.4, 0.5) is 0 Å². The Hall–Kier alpha value is -0.603. The highest BCUT2D eigenvalue weighted by Crippen LogP contribution is 2.36. The van der Waals surface area contributed by atoms with Gasteiger partial charge in [0.1, 0.15) is 0 Å². The van der Waals surface area contributed by atoms with E-state index in [1.54, 1.807) is 0 Å². The number of hydrogen-bond donors (Lipinski definition) is 0. The molecule has 0 amide bonds. The van der Waals surface area contributed by atoms with Gasteiger partial charge in [-0.05, 0) is 23.7 Å². The average Bonchev–Trinajstić information content (AvgIpc) is 2.26. The van der Waals surface area contributed by atoms with E-state index in [1.807, 2.05) is 18.2 Å². The van der Waals surface area contributed by atoms with E-state index >= 15 is 0 Å². The smallest absolute Gasteiger partial charge is 0.192 e. The van der Waals surface area contributed by atoms with E-state index in [-0.39, 0.29) is 5.04 Å². The lowest BCUT2D eigenvalue weighted by Gasteiger charge is -2.36. The summed E-state index contributed by atoms with van der Waals surface area (Å²) in [4.78, 5) is 0. The van der Waals surface area contributed by atoms with Crippen molar-refractivity contribution >= 4 is 8.32 Å². The first kappa shape index (κ1) is 10.9. The monoisotopic (exact) mass is 223 g/mol. The Labute approximate surface area is 96.0 Å². The lowest BCUT2D eigenvalue weighted by molar-refractivity contribution is 0.276. The molecule has 0 saturated carbocycles. The zero-order chi connectivity index (χ0) is 12.2. The first-order valence-corrected chi connectivity index (χ1v) is 7.98. The van der Waals surface area contributed by atoms with Crippen molar-refractivity contribution in [2.24, 2.45) is 0 Å². The third kappa shape index (κ3) is 3.47. The van der Waals surface area contributed by atoms with Gasteiger partial charge in [-0.1, -0.05) is 51.1 Å². The highest BCUT2D eigenvalue weighted by atomic mass is 28.4. The largest absolute Gasteiger partial charge is 0.413 e. The van der Waals surface area contributed by atoms with E-state index in [2.05, 4.69) is 39.5 Å². The SMILES string of the molecule is [2H]C[Si](C)(OCc1ccccc1)C(C)(C)C. The molecule has 1 aromatic carbocycles. The second-order valence-corrected chi connectivity index (χ2v) is 9.51. The van der Waals surface area contributed by atoms with Crippen LogP contribution in [0.25, 0.3) is 0 Å². The maximum Gasteiger partial charge on any atom is 0.192 e. The molecule has 2 heteroatoms. The predicted molar refractivity (Wildman–Crippen MR) is 68.4 cm³/mol. The summed E-state index contributed by atoms with van der Waals surface area (Å²) < 4.78 is 13.8. The predicted octanol–water partition coefficient (Wildman–Crippen LogP) is 4.21. The van der Waals surface area contributed by atoms with Gasteiger partial charge >= 0.3 is 0 Å². The summed E-state index contributed by atoms with van der Waals surface area (Å²) in [5.74, 6) is 0. The van der Waals surface area contributed by atoms with Crippen LogP contribution in [-0.2, 0) is 11.0 Å². The summed E-state index contributed by atoms with van der Waals surface area (Å²) >= 11 is 0. The van der Waals surface area contributed by atoms with Crippen molar-refractivity contribution in [3.8, 4) is 0 Å². The first-order chi connectivity index (χ1) is 7.39. The van der Waals surface area contributed by atoms with Crippen molar-refractivity contribution in [1.29, 1.82) is 0 Å². The minimum Gasteiger partial charge on any atom is -0.413 e. The van der Waals surface area contributed by atoms with E-state index in [0.717, 1.165) is 0 Å². The summed E-state index contributed by atoms with van der Waals surface area (Å²) in [7, 11) is -1.94. The topological polar surface area (TPSA) is 9.23 Å². The van der Waals surface area contributed by atoms with Gasteiger partial charge in [0, 0.05) is 1.37 Å². The van der Waals surface area contributed by atoms with Crippen molar-refractivity contribution in [1.82, 2.24) is 0 Å². The van der Waals surface area contributed by atoms with Crippen LogP contribution in [-0.4, -0.2) is 8.32 Å². The van der Waals surface area contributed by atoms with Crippen molar-refractivity contribution in [2.75, 3.05) is 0 Å². The Balaban J connectivity index is 2.66. The minimum absolute atomic E-state index is 0.115. The number of benzene rings is 1. The maximum atomic E-state index is 7.71. The molecule has 0 saturated heterocycles. The van der Waals surface area contributed by atoms with Gasteiger partial charge < -0.3 is 4.43 Å². The molecule has 0 spiro atoms. The van der Waals surface area contributed by atoms with Crippen LogP contribution >= 0.6 is 0 Å². The molecule has 0 radical (unpaired) electrons. The fraction of sp³-hybridized carbons (Fsp3) is 0.538. The van der Waals surface area contributed by atoms with Gasteiger partial charge in [0.25, 0.3) is 0 Å². The molecule has 1 aromatic rings. The van der Waals surface area contributed by atoms with Gasteiger partial charge in [-0.25, -0.2) is 0 Å². The Morgan fingerprint density at radius 2 is 1.87 bits per heavy atom. The van der Waals surface area contributed by atoms with Gasteiger partial charge in [-0.15, -0.1) is 0 Å². The lowest BCUT2D eigenvalue weighted by atomic mass is 10.2. The highest BCUT2D eigenvalue weighted by molar-refractivity contribution is 6.74. The van der Waals surface area contributed by atoms with Crippen LogP contribution in [0.15, 0.2) is 30.3 Å². The molecule has 0 heterocycles. The minimum atomic E-state index is -1.94. The second-order valence-electron chi connectivity index (χ2n) is 5.26. The quantitative estimate of drug-likeness (QED) is 0.698. The summed E-state index contributed by atoms with van der Waals surface area (Å²) in [6.07, 6.45) is 0. The standard InChI is InChI=1S/C13H22OSi/c1-13(2,3)15(4,5)14-11-12-9-7-6-8-10-12/h6-10H,11H2,1-5H3/i4D. The van der Waals surface area contributed by atoms with Crippen LogP contribution in [0.2, 0.25) is 18.1 Å². The third-order valence-corrected chi connectivity index (χ3v) is 6.94. The summed E-state index contributed by atoms with van der Waals surface area (Å²) in [6, 6.07) is 10.2. The molecule has 1 rings (SSSR count). The Kier molecular flexibility index (Phi) is 3.27. The van der Waals surface area contributed by atoms with E-state index in [4.69, 9.17) is 5.80 Å². The van der Waals surface area contributed by atoms with E-state index in [9.17, 15) is 0 Å². The van der Waals surface area contributed by atoms with Gasteiger partial charge in [0.2, 0.25) is 0 Å². The fourth-order valence-corrected chi connectivity index (χ4v) is 1.95. The molecule has 0 aliphatic rings. The summed E-state index contributed by atoms with van der Waals surface area (Å²) in [5, 5.41) is 0.115. The molecule has 84 valence electrons. The first-order valence-electron chi connectivity index (χ1n) is 6.07. The molecule has 0 aliphatic carbocycles. The van der Waals surface area contributed by atoms with Crippen molar-refractivity contribution in [3.63, 3.8) is 0 Å². The van der Waals surface area contributed by atoms with Gasteiger partial charge in [-0.3, -0.25) is 0 Å². The molecule has 0 N–H and O–H groups in total. The Bertz CT molecular complexity index is 320. The molecule has 15 heavy (non-hydrogen) atoms. The number of rotatable bonds is 3. The summed E-state index contributed by atoms with van der Waals surface area (Å²) in [6.45, 7) is 9.75. The van der Waals surface area contributed by atoms with Crippen LogP contribution in [0.1, 0.15) is 27.7 Å². The molecular weight excluding hydrogens is 200 g/mol. The third-order valence-electron chi connectivity index (χ3n) is 2.99. The molecule has 0 aliphatic heterocycles. The van der Waals surface area contributed by atoms with Crippen LogP contribution in [0, 0.1) is 0 Å². The van der Waals surface area contributed by atoms with Crippen LogP contribution in [0.5, 0.6) is 0 Å². The Morgan fingerprint density at radius 3 is 2.33 bits per heavy atom. The van der Waals surface area contributed by atoms with E-state index < -0.39 is 8.32 Å². The van der Waals surface area contributed by atoms with Gasteiger partial charge in [0.05, 0.1) is 6.61 Å². The number of hydrogen-bond acceptors (Lipinski definition) is 1. The molecule has 0 fully saturated rings. The molecule has 1 nitrogen and oxygen atoms in total. The van der Waals surface area contributed by atoms with Crippen molar-refractivity contribution < 1.29 is 5.80 Å². The Morgan fingerprint density at radius 1 is 1.27 bits per heavy atom. The second kappa shape index (κ2) is 4.50. The zero-order valence-corrected chi connectivity index (χ0v) is 11.2. The normalized spacial score (nSPS) is 16.9. The summed E-state index contributed by atoms with van der Waals surface area (Å²) in [5.41, 5.74) is 1.19. The van der Waals surface area contributed by atoms with E-state index in [1.165, 1.54) is 5.56 Å². The van der Waals surface area contributed by atoms with Gasteiger partial charge in [0.15, 0.2) is 8.32 Å². The fourth-order valence-electron chi connectivity index (χ4n) is 1.03. The van der Waals surface area contributed by atoms with Crippen LogP contribution in [0.3, 0.4) is 0 Å². The molecule has 1 unspecified atom stereocenters. The van der Waals surface area contributed by atoms with Crippen molar-refractivity contribution in [2.45, 2.75) is 45.5 Å². The zero-order valence-electron chi connectivity index (χ0n) is 11.2. The lowest BCUT2D eigenvalue weighted by Crippen LogP contribution is -2.40. The van der Waals surface area contributed by atoms with E-state index in [0.29, 0.717) is 13.1 Å². The van der Waals surface area contributed by atoms with Crippen LogP contribution < -0.4 is 0 Å². The maximum absolute atomic E-state index is 7.71. The van der Waals surface area contributed by atoms with Gasteiger partial charge in [-0.2, -0.15) is 0 Å². The van der Waals surface area contributed by atoms with Crippen molar-refractivity contribution in [3.05, 3.63) is 35.9 Å².